The lowest BCUT2D eigenvalue weighted by Gasteiger charge is -2.21. The van der Waals surface area contributed by atoms with Gasteiger partial charge in [0, 0.05) is 18.9 Å². The standard InChI is InChI=1S/C16H20N2O3S/c1-16(2,3)21-14-4-6-15(7-5-14)22(19,20)18-12-13-8-10-17-11-9-13/h4-11,18H,12H2,1-3H3. The lowest BCUT2D eigenvalue weighted by atomic mass is 10.2. The lowest BCUT2D eigenvalue weighted by molar-refractivity contribution is 0.131. The van der Waals surface area contributed by atoms with E-state index >= 15 is 0 Å². The van der Waals surface area contributed by atoms with Gasteiger partial charge in [-0.1, -0.05) is 0 Å². The highest BCUT2D eigenvalue weighted by Gasteiger charge is 2.15. The van der Waals surface area contributed by atoms with Gasteiger partial charge in [0.25, 0.3) is 0 Å². The van der Waals surface area contributed by atoms with Crippen LogP contribution in [0.4, 0.5) is 0 Å². The van der Waals surface area contributed by atoms with E-state index in [1.807, 2.05) is 20.8 Å². The largest absolute Gasteiger partial charge is 0.488 e. The van der Waals surface area contributed by atoms with E-state index in [0.29, 0.717) is 5.75 Å². The van der Waals surface area contributed by atoms with E-state index in [4.69, 9.17) is 4.74 Å². The normalized spacial score (nSPS) is 12.1. The molecule has 0 aliphatic heterocycles. The molecule has 0 fully saturated rings. The predicted molar refractivity (Wildman–Crippen MR) is 85.1 cm³/mol. The summed E-state index contributed by atoms with van der Waals surface area (Å²) in [5.41, 5.74) is 0.534. The molecule has 1 N–H and O–H groups in total. The van der Waals surface area contributed by atoms with Crippen LogP contribution in [0.25, 0.3) is 0 Å². The smallest absolute Gasteiger partial charge is 0.240 e. The average Bonchev–Trinajstić information content (AvgIpc) is 2.45. The van der Waals surface area contributed by atoms with Crippen molar-refractivity contribution in [3.63, 3.8) is 0 Å². The number of sulfonamides is 1. The molecule has 2 rings (SSSR count). The molecular formula is C16H20N2O3S. The van der Waals surface area contributed by atoms with Gasteiger partial charge in [0.2, 0.25) is 10.0 Å². The SMILES string of the molecule is CC(C)(C)Oc1ccc(S(=O)(=O)NCc2ccncc2)cc1. The lowest BCUT2D eigenvalue weighted by Crippen LogP contribution is -2.24. The average molecular weight is 320 g/mol. The molecule has 22 heavy (non-hydrogen) atoms. The van der Waals surface area contributed by atoms with Crippen molar-refractivity contribution in [2.75, 3.05) is 0 Å². The molecule has 0 aliphatic rings. The number of nitrogens with one attached hydrogen (secondary N) is 1. The summed E-state index contributed by atoms with van der Waals surface area (Å²) in [6.45, 7) is 6.04. The molecule has 0 aliphatic carbocycles. The molecule has 2 aromatic rings. The molecule has 1 heterocycles. The molecule has 1 aromatic carbocycles. The number of pyridine rings is 1. The molecule has 0 saturated heterocycles. The second-order valence-corrected chi connectivity index (χ2v) is 7.63. The Morgan fingerprint density at radius 3 is 2.18 bits per heavy atom. The molecule has 0 unspecified atom stereocenters. The van der Waals surface area contributed by atoms with Gasteiger partial charge in [-0.2, -0.15) is 0 Å². The van der Waals surface area contributed by atoms with E-state index < -0.39 is 10.0 Å². The Hall–Kier alpha value is -1.92. The van der Waals surface area contributed by atoms with Crippen LogP contribution in [0.5, 0.6) is 5.75 Å². The molecule has 6 heteroatoms. The summed E-state index contributed by atoms with van der Waals surface area (Å²) in [6.07, 6.45) is 3.25. The fourth-order valence-corrected chi connectivity index (χ4v) is 2.82. The summed E-state index contributed by atoms with van der Waals surface area (Å²) in [4.78, 5) is 4.11. The van der Waals surface area contributed by atoms with E-state index in [1.165, 1.54) is 12.1 Å². The monoisotopic (exact) mass is 320 g/mol. The second kappa shape index (κ2) is 6.46. The fourth-order valence-electron chi connectivity index (χ4n) is 1.80. The minimum atomic E-state index is -3.54. The van der Waals surface area contributed by atoms with Crippen molar-refractivity contribution in [2.45, 2.75) is 37.8 Å². The molecule has 5 nitrogen and oxygen atoms in total. The number of hydrogen-bond donors (Lipinski definition) is 1. The Balaban J connectivity index is 2.06. The van der Waals surface area contributed by atoms with Crippen molar-refractivity contribution >= 4 is 10.0 Å². The van der Waals surface area contributed by atoms with Crippen LogP contribution in [0.3, 0.4) is 0 Å². The van der Waals surface area contributed by atoms with E-state index in [0.717, 1.165) is 5.56 Å². The molecule has 0 radical (unpaired) electrons. The topological polar surface area (TPSA) is 68.3 Å². The third-order valence-corrected chi connectivity index (χ3v) is 4.19. The molecule has 0 saturated carbocycles. The Labute approximate surface area is 131 Å². The first-order valence-electron chi connectivity index (χ1n) is 6.94. The highest BCUT2D eigenvalue weighted by Crippen LogP contribution is 2.20. The zero-order valence-corrected chi connectivity index (χ0v) is 13.7. The first-order chi connectivity index (χ1) is 10.3. The first kappa shape index (κ1) is 16.5. The minimum absolute atomic E-state index is 0.211. The maximum absolute atomic E-state index is 12.2. The van der Waals surface area contributed by atoms with Crippen molar-refractivity contribution in [1.82, 2.24) is 9.71 Å². The molecule has 0 atom stereocenters. The van der Waals surface area contributed by atoms with Crippen molar-refractivity contribution in [2.24, 2.45) is 0 Å². The number of hydrogen-bond acceptors (Lipinski definition) is 4. The van der Waals surface area contributed by atoms with Crippen LogP contribution in [-0.4, -0.2) is 19.0 Å². The van der Waals surface area contributed by atoms with Gasteiger partial charge in [0.15, 0.2) is 0 Å². The zero-order chi connectivity index (χ0) is 16.2. The van der Waals surface area contributed by atoms with Crippen molar-refractivity contribution in [3.05, 3.63) is 54.4 Å². The van der Waals surface area contributed by atoms with E-state index in [9.17, 15) is 8.42 Å². The van der Waals surface area contributed by atoms with Gasteiger partial charge in [0.05, 0.1) is 4.90 Å². The number of benzene rings is 1. The van der Waals surface area contributed by atoms with Crippen molar-refractivity contribution in [1.29, 1.82) is 0 Å². The van der Waals surface area contributed by atoms with E-state index in [1.54, 1.807) is 36.7 Å². The number of ether oxygens (including phenoxy) is 1. The quantitative estimate of drug-likeness (QED) is 0.920. The molecule has 0 bridgehead atoms. The Kier molecular flexibility index (Phi) is 4.83. The second-order valence-electron chi connectivity index (χ2n) is 5.87. The van der Waals surface area contributed by atoms with Crippen LogP contribution in [0.1, 0.15) is 26.3 Å². The summed E-state index contributed by atoms with van der Waals surface area (Å²) >= 11 is 0. The molecule has 0 spiro atoms. The van der Waals surface area contributed by atoms with Crippen LogP contribution in [0.2, 0.25) is 0 Å². The van der Waals surface area contributed by atoms with E-state index in [-0.39, 0.29) is 17.0 Å². The third kappa shape index (κ3) is 4.82. The Morgan fingerprint density at radius 2 is 1.64 bits per heavy atom. The van der Waals surface area contributed by atoms with Crippen LogP contribution in [-0.2, 0) is 16.6 Å². The summed E-state index contributed by atoms with van der Waals surface area (Å²) in [5.74, 6) is 0.639. The molecule has 1 aromatic heterocycles. The fraction of sp³-hybridized carbons (Fsp3) is 0.312. The Morgan fingerprint density at radius 1 is 1.05 bits per heavy atom. The maximum atomic E-state index is 12.2. The van der Waals surface area contributed by atoms with Crippen LogP contribution >= 0.6 is 0 Å². The van der Waals surface area contributed by atoms with Gasteiger partial charge in [-0.25, -0.2) is 13.1 Å². The minimum Gasteiger partial charge on any atom is -0.488 e. The van der Waals surface area contributed by atoms with E-state index in [2.05, 4.69) is 9.71 Å². The summed E-state index contributed by atoms with van der Waals surface area (Å²) in [7, 11) is -3.54. The molecule has 118 valence electrons. The maximum Gasteiger partial charge on any atom is 0.240 e. The highest BCUT2D eigenvalue weighted by atomic mass is 32.2. The third-order valence-electron chi connectivity index (χ3n) is 2.77. The Bertz CT molecular complexity index is 705. The van der Waals surface area contributed by atoms with Crippen LogP contribution in [0, 0.1) is 0 Å². The zero-order valence-electron chi connectivity index (χ0n) is 12.9. The predicted octanol–water partition coefficient (Wildman–Crippen LogP) is 2.74. The number of rotatable bonds is 5. The summed E-state index contributed by atoms with van der Waals surface area (Å²) in [6, 6.07) is 9.93. The van der Waals surface area contributed by atoms with Crippen molar-refractivity contribution in [3.8, 4) is 5.75 Å². The van der Waals surface area contributed by atoms with Gasteiger partial charge in [-0.05, 0) is 62.7 Å². The highest BCUT2D eigenvalue weighted by molar-refractivity contribution is 7.89. The van der Waals surface area contributed by atoms with Gasteiger partial charge < -0.3 is 4.74 Å². The number of nitrogens with zero attached hydrogens (tertiary/aromatic N) is 1. The van der Waals surface area contributed by atoms with Crippen molar-refractivity contribution < 1.29 is 13.2 Å². The van der Waals surface area contributed by atoms with Gasteiger partial charge in [0.1, 0.15) is 11.4 Å². The van der Waals surface area contributed by atoms with Crippen LogP contribution < -0.4 is 9.46 Å². The summed E-state index contributed by atoms with van der Waals surface area (Å²) in [5, 5.41) is 0. The summed E-state index contributed by atoms with van der Waals surface area (Å²) < 4.78 is 32.7. The van der Waals surface area contributed by atoms with Gasteiger partial charge in [-0.3, -0.25) is 4.98 Å². The first-order valence-corrected chi connectivity index (χ1v) is 8.42. The van der Waals surface area contributed by atoms with Gasteiger partial charge in [-0.15, -0.1) is 0 Å². The molecular weight excluding hydrogens is 300 g/mol. The van der Waals surface area contributed by atoms with Gasteiger partial charge >= 0.3 is 0 Å². The number of aromatic nitrogens is 1. The van der Waals surface area contributed by atoms with Crippen LogP contribution in [0.15, 0.2) is 53.7 Å². The molecule has 0 amide bonds.